The van der Waals surface area contributed by atoms with Crippen LogP contribution in [-0.2, 0) is 0 Å². The van der Waals surface area contributed by atoms with Crippen molar-refractivity contribution in [1.29, 1.82) is 0 Å². The number of hydrogen-bond acceptors (Lipinski definition) is 3. The fourth-order valence-corrected chi connectivity index (χ4v) is 1.14. The van der Waals surface area contributed by atoms with Crippen LogP contribution in [-0.4, -0.2) is 16.4 Å². The molecule has 4 heteroatoms. The lowest BCUT2D eigenvalue weighted by molar-refractivity contribution is 0.832. The van der Waals surface area contributed by atoms with Crippen molar-refractivity contribution in [3.8, 4) is 0 Å². The number of rotatable bonds is 2. The molecule has 0 bridgehead atoms. The van der Waals surface area contributed by atoms with Crippen LogP contribution in [0.2, 0.25) is 0 Å². The van der Waals surface area contributed by atoms with Crippen molar-refractivity contribution in [2.75, 3.05) is 0 Å². The molecule has 1 heterocycles. The Balaban J connectivity index is 3.28. The maximum absolute atomic E-state index is 4.18. The number of imidazole rings is 1. The molecular weight excluding hydrogens is 170 g/mol. The van der Waals surface area contributed by atoms with Crippen LogP contribution in [0.1, 0.15) is 18.4 Å². The highest BCUT2D eigenvalue weighted by atomic mass is 32.1. The highest BCUT2D eigenvalue weighted by molar-refractivity contribution is 7.80. The van der Waals surface area contributed by atoms with E-state index in [1.807, 2.05) is 26.0 Å². The molecule has 0 radical (unpaired) electrons. The molecule has 1 aromatic heterocycles. The summed E-state index contributed by atoms with van der Waals surface area (Å²) in [4.78, 5) is 4.18. The third kappa shape index (κ3) is 1.43. The van der Waals surface area contributed by atoms with Gasteiger partial charge >= 0.3 is 0 Å². The van der Waals surface area contributed by atoms with E-state index >= 15 is 0 Å². The topological polar surface area (TPSA) is 30.2 Å². The number of allylic oxidation sites excluding steroid dienone is 1. The SMILES string of the molecule is C=Nn1c(/C=C\C)nc(S)c1C. The van der Waals surface area contributed by atoms with E-state index in [9.17, 15) is 0 Å². The molecule has 0 saturated carbocycles. The van der Waals surface area contributed by atoms with Crippen LogP contribution in [0, 0.1) is 6.92 Å². The van der Waals surface area contributed by atoms with Gasteiger partial charge in [0.2, 0.25) is 0 Å². The number of hydrogen-bond donors (Lipinski definition) is 1. The lowest BCUT2D eigenvalue weighted by atomic mass is 10.5. The molecule has 0 aromatic carbocycles. The zero-order valence-electron chi connectivity index (χ0n) is 7.15. The molecule has 0 saturated heterocycles. The standard InChI is InChI=1S/C8H11N3S/c1-4-5-7-10-8(12)6(2)11(7)9-3/h4-5,12H,3H2,1-2H3/b5-4-. The zero-order chi connectivity index (χ0) is 9.14. The van der Waals surface area contributed by atoms with E-state index in [-0.39, 0.29) is 0 Å². The Bertz CT molecular complexity index is 325. The normalized spacial score (nSPS) is 10.9. The van der Waals surface area contributed by atoms with Gasteiger partial charge in [0.15, 0.2) is 5.82 Å². The molecule has 3 nitrogen and oxygen atoms in total. The molecule has 1 rings (SSSR count). The molecule has 0 spiro atoms. The third-order valence-electron chi connectivity index (χ3n) is 1.54. The van der Waals surface area contributed by atoms with E-state index in [2.05, 4.69) is 29.4 Å². The van der Waals surface area contributed by atoms with Crippen molar-refractivity contribution in [3.63, 3.8) is 0 Å². The van der Waals surface area contributed by atoms with Gasteiger partial charge in [-0.05, 0) is 19.9 Å². The molecule has 64 valence electrons. The van der Waals surface area contributed by atoms with Crippen molar-refractivity contribution >= 4 is 25.4 Å². The van der Waals surface area contributed by atoms with Crippen molar-refractivity contribution in [2.24, 2.45) is 5.10 Å². The largest absolute Gasteiger partial charge is 0.221 e. The van der Waals surface area contributed by atoms with Crippen molar-refractivity contribution in [3.05, 3.63) is 17.6 Å². The number of aromatic nitrogens is 2. The van der Waals surface area contributed by atoms with Gasteiger partial charge in [-0.25, -0.2) is 9.66 Å². The summed E-state index contributed by atoms with van der Waals surface area (Å²) < 4.78 is 1.66. The van der Waals surface area contributed by atoms with Crippen LogP contribution in [0.25, 0.3) is 6.08 Å². The second kappa shape index (κ2) is 3.58. The van der Waals surface area contributed by atoms with Gasteiger partial charge in [-0.1, -0.05) is 6.08 Å². The highest BCUT2D eigenvalue weighted by Crippen LogP contribution is 2.14. The Hall–Kier alpha value is -1.03. The second-order valence-electron chi connectivity index (χ2n) is 2.33. The van der Waals surface area contributed by atoms with Crippen LogP contribution < -0.4 is 0 Å². The van der Waals surface area contributed by atoms with Crippen molar-refractivity contribution < 1.29 is 0 Å². The molecule has 0 aliphatic carbocycles. The van der Waals surface area contributed by atoms with Gasteiger partial charge in [0.05, 0.1) is 5.69 Å². The minimum absolute atomic E-state index is 0.690. The lowest BCUT2D eigenvalue weighted by Gasteiger charge is -1.96. The first-order valence-corrected chi connectivity index (χ1v) is 4.03. The lowest BCUT2D eigenvalue weighted by Crippen LogP contribution is -1.92. The maximum Gasteiger partial charge on any atom is 0.154 e. The number of thiol groups is 1. The molecule has 0 unspecified atom stereocenters. The van der Waals surface area contributed by atoms with Crippen molar-refractivity contribution in [2.45, 2.75) is 18.9 Å². The average molecular weight is 181 g/mol. The Morgan fingerprint density at radius 3 is 2.83 bits per heavy atom. The van der Waals surface area contributed by atoms with Gasteiger partial charge in [0.1, 0.15) is 5.03 Å². The maximum atomic E-state index is 4.18. The summed E-state index contributed by atoms with van der Waals surface area (Å²) in [5, 5.41) is 4.50. The average Bonchev–Trinajstić information content (AvgIpc) is 2.29. The van der Waals surface area contributed by atoms with Gasteiger partial charge in [-0.3, -0.25) is 0 Å². The van der Waals surface area contributed by atoms with Crippen LogP contribution in [0.3, 0.4) is 0 Å². The molecule has 0 N–H and O–H groups in total. The first-order valence-electron chi connectivity index (χ1n) is 3.58. The monoisotopic (exact) mass is 181 g/mol. The number of nitrogens with zero attached hydrogens (tertiary/aromatic N) is 3. The predicted octanol–water partition coefficient (Wildman–Crippen LogP) is 1.98. The third-order valence-corrected chi connectivity index (χ3v) is 1.96. The molecule has 0 atom stereocenters. The minimum Gasteiger partial charge on any atom is -0.221 e. The summed E-state index contributed by atoms with van der Waals surface area (Å²) in [6.07, 6.45) is 3.76. The summed E-state index contributed by atoms with van der Waals surface area (Å²) in [7, 11) is 0. The van der Waals surface area contributed by atoms with Crippen LogP contribution >= 0.6 is 12.6 Å². The molecule has 0 aliphatic heterocycles. The van der Waals surface area contributed by atoms with E-state index in [4.69, 9.17) is 0 Å². The van der Waals surface area contributed by atoms with Gasteiger partial charge in [0, 0.05) is 6.72 Å². The van der Waals surface area contributed by atoms with E-state index in [1.54, 1.807) is 4.68 Å². The molecule has 0 amide bonds. The Kier molecular flexibility index (Phi) is 2.70. The molecule has 0 fully saturated rings. The summed E-state index contributed by atoms with van der Waals surface area (Å²) in [6, 6.07) is 0. The van der Waals surface area contributed by atoms with Crippen molar-refractivity contribution in [1.82, 2.24) is 9.66 Å². The quantitative estimate of drug-likeness (QED) is 0.548. The Labute approximate surface area is 77.2 Å². The van der Waals surface area contributed by atoms with Gasteiger partial charge < -0.3 is 0 Å². The molecule has 0 aliphatic rings. The van der Waals surface area contributed by atoms with Crippen LogP contribution in [0.4, 0.5) is 0 Å². The Morgan fingerprint density at radius 1 is 1.67 bits per heavy atom. The molecule has 12 heavy (non-hydrogen) atoms. The highest BCUT2D eigenvalue weighted by Gasteiger charge is 2.06. The summed E-state index contributed by atoms with van der Waals surface area (Å²) in [5.74, 6) is 0.759. The first kappa shape index (κ1) is 9.06. The van der Waals surface area contributed by atoms with Gasteiger partial charge in [-0.2, -0.15) is 5.10 Å². The van der Waals surface area contributed by atoms with E-state index in [1.165, 1.54) is 0 Å². The van der Waals surface area contributed by atoms with Gasteiger partial charge in [0.25, 0.3) is 0 Å². The minimum atomic E-state index is 0.690. The van der Waals surface area contributed by atoms with E-state index in [0.29, 0.717) is 5.03 Å². The van der Waals surface area contributed by atoms with Gasteiger partial charge in [-0.15, -0.1) is 12.6 Å². The second-order valence-corrected chi connectivity index (χ2v) is 2.76. The zero-order valence-corrected chi connectivity index (χ0v) is 8.05. The van der Waals surface area contributed by atoms with Crippen LogP contribution in [0.5, 0.6) is 0 Å². The molecule has 1 aromatic rings. The fraction of sp³-hybridized carbons (Fsp3) is 0.250. The fourth-order valence-electron chi connectivity index (χ4n) is 0.939. The van der Waals surface area contributed by atoms with E-state index in [0.717, 1.165) is 11.5 Å². The molecular formula is C8H11N3S. The van der Waals surface area contributed by atoms with Crippen LogP contribution in [0.15, 0.2) is 16.2 Å². The van der Waals surface area contributed by atoms with E-state index < -0.39 is 0 Å². The first-order chi connectivity index (χ1) is 5.70. The summed E-state index contributed by atoms with van der Waals surface area (Å²) in [6.45, 7) is 7.28. The smallest absolute Gasteiger partial charge is 0.154 e. The predicted molar refractivity (Wildman–Crippen MR) is 53.9 cm³/mol. The summed E-state index contributed by atoms with van der Waals surface area (Å²) >= 11 is 4.18. The summed E-state index contributed by atoms with van der Waals surface area (Å²) in [5.41, 5.74) is 0.904. The Morgan fingerprint density at radius 2 is 2.33 bits per heavy atom.